The van der Waals surface area contributed by atoms with Crippen LogP contribution in [-0.4, -0.2) is 25.5 Å². The molecule has 0 aliphatic heterocycles. The van der Waals surface area contributed by atoms with Crippen LogP contribution in [0.5, 0.6) is 0 Å². The summed E-state index contributed by atoms with van der Waals surface area (Å²) in [7, 11) is -3.55. The van der Waals surface area contributed by atoms with E-state index >= 15 is 0 Å². The van der Waals surface area contributed by atoms with Crippen LogP contribution in [0.2, 0.25) is 5.02 Å². The van der Waals surface area contributed by atoms with Gasteiger partial charge in [-0.05, 0) is 49.6 Å². The molecule has 2 unspecified atom stereocenters. The highest BCUT2D eigenvalue weighted by molar-refractivity contribution is 7.99. The van der Waals surface area contributed by atoms with Gasteiger partial charge in [0.05, 0.1) is 15.6 Å². The number of anilines is 1. The fourth-order valence-electron chi connectivity index (χ4n) is 2.68. The van der Waals surface area contributed by atoms with Gasteiger partial charge in [-0.2, -0.15) is 11.8 Å². The molecule has 118 valence electrons. The zero-order valence-electron chi connectivity index (χ0n) is 12.2. The van der Waals surface area contributed by atoms with Gasteiger partial charge in [0, 0.05) is 11.3 Å². The SMILES string of the molecule is CCSC1CCC(NS(=O)(=O)c2cc(N)c(Cl)cc2C)C1. The summed E-state index contributed by atoms with van der Waals surface area (Å²) in [5.41, 5.74) is 6.62. The van der Waals surface area contributed by atoms with Crippen molar-refractivity contribution in [1.29, 1.82) is 0 Å². The number of thioether (sulfide) groups is 1. The van der Waals surface area contributed by atoms with E-state index in [1.165, 1.54) is 6.07 Å². The summed E-state index contributed by atoms with van der Waals surface area (Å²) < 4.78 is 27.8. The first-order valence-electron chi connectivity index (χ1n) is 7.03. The van der Waals surface area contributed by atoms with E-state index in [1.807, 2.05) is 11.8 Å². The van der Waals surface area contributed by atoms with Crippen molar-refractivity contribution in [3.63, 3.8) is 0 Å². The van der Waals surface area contributed by atoms with Crippen LogP contribution >= 0.6 is 23.4 Å². The van der Waals surface area contributed by atoms with E-state index in [0.717, 1.165) is 25.0 Å². The van der Waals surface area contributed by atoms with Gasteiger partial charge in [-0.15, -0.1) is 0 Å². The van der Waals surface area contributed by atoms with Gasteiger partial charge >= 0.3 is 0 Å². The molecule has 21 heavy (non-hydrogen) atoms. The average Bonchev–Trinajstić information content (AvgIpc) is 2.80. The highest BCUT2D eigenvalue weighted by atomic mass is 35.5. The highest BCUT2D eigenvalue weighted by Gasteiger charge is 2.29. The molecule has 0 saturated heterocycles. The number of nitrogens with one attached hydrogen (secondary N) is 1. The van der Waals surface area contributed by atoms with E-state index in [4.69, 9.17) is 17.3 Å². The Balaban J connectivity index is 2.14. The van der Waals surface area contributed by atoms with Crippen LogP contribution in [0.25, 0.3) is 0 Å². The van der Waals surface area contributed by atoms with Crippen LogP contribution in [0.4, 0.5) is 5.69 Å². The summed E-state index contributed by atoms with van der Waals surface area (Å²) >= 11 is 7.82. The third kappa shape index (κ3) is 4.06. The monoisotopic (exact) mass is 348 g/mol. The largest absolute Gasteiger partial charge is 0.397 e. The highest BCUT2D eigenvalue weighted by Crippen LogP contribution is 2.31. The van der Waals surface area contributed by atoms with Gasteiger partial charge in [0.1, 0.15) is 0 Å². The van der Waals surface area contributed by atoms with Gasteiger partial charge in [-0.25, -0.2) is 13.1 Å². The van der Waals surface area contributed by atoms with Crippen LogP contribution in [0.3, 0.4) is 0 Å². The van der Waals surface area contributed by atoms with Crippen molar-refractivity contribution in [2.45, 2.75) is 49.3 Å². The lowest BCUT2D eigenvalue weighted by Gasteiger charge is -2.15. The molecule has 0 radical (unpaired) electrons. The zero-order chi connectivity index (χ0) is 15.6. The molecule has 0 spiro atoms. The number of benzene rings is 1. The lowest BCUT2D eigenvalue weighted by Crippen LogP contribution is -2.33. The van der Waals surface area contributed by atoms with Gasteiger partial charge in [0.15, 0.2) is 0 Å². The van der Waals surface area contributed by atoms with Gasteiger partial charge < -0.3 is 5.73 Å². The first kappa shape index (κ1) is 16.9. The number of nitrogens with two attached hydrogens (primary N) is 1. The van der Waals surface area contributed by atoms with Crippen molar-refractivity contribution in [2.75, 3.05) is 11.5 Å². The molecular formula is C14H21ClN2O2S2. The standard InChI is InChI=1S/C14H21ClN2O2S2/c1-3-20-11-5-4-10(7-11)17-21(18,19)14-8-13(16)12(15)6-9(14)2/h6,8,10-11,17H,3-5,7,16H2,1-2H3. The van der Waals surface area contributed by atoms with E-state index in [-0.39, 0.29) is 16.6 Å². The Morgan fingerprint density at radius 1 is 1.43 bits per heavy atom. The second kappa shape index (κ2) is 6.77. The number of rotatable bonds is 5. The minimum atomic E-state index is -3.55. The minimum Gasteiger partial charge on any atom is -0.397 e. The molecule has 3 N–H and O–H groups in total. The van der Waals surface area contributed by atoms with Crippen molar-refractivity contribution >= 4 is 39.1 Å². The quantitative estimate of drug-likeness (QED) is 0.801. The van der Waals surface area contributed by atoms with E-state index < -0.39 is 10.0 Å². The Kier molecular flexibility index (Phi) is 5.46. The average molecular weight is 349 g/mol. The fourth-order valence-corrected chi connectivity index (χ4v) is 5.58. The van der Waals surface area contributed by atoms with Crippen molar-refractivity contribution in [2.24, 2.45) is 0 Å². The van der Waals surface area contributed by atoms with Gasteiger partial charge in [0.2, 0.25) is 10.0 Å². The normalized spacial score (nSPS) is 22.6. The van der Waals surface area contributed by atoms with Crippen LogP contribution in [0, 0.1) is 6.92 Å². The Labute approximate surface area is 135 Å². The van der Waals surface area contributed by atoms with Gasteiger partial charge in [0.25, 0.3) is 0 Å². The zero-order valence-corrected chi connectivity index (χ0v) is 14.6. The molecule has 1 fully saturated rings. The number of aryl methyl sites for hydroxylation is 1. The van der Waals surface area contributed by atoms with E-state index in [1.54, 1.807) is 13.0 Å². The van der Waals surface area contributed by atoms with Crippen molar-refractivity contribution in [1.82, 2.24) is 4.72 Å². The molecule has 1 aliphatic rings. The molecule has 1 saturated carbocycles. The van der Waals surface area contributed by atoms with Crippen LogP contribution in [0.1, 0.15) is 31.7 Å². The third-order valence-electron chi connectivity index (χ3n) is 3.69. The molecule has 4 nitrogen and oxygen atoms in total. The Bertz CT molecular complexity index is 620. The number of hydrogen-bond acceptors (Lipinski definition) is 4. The Morgan fingerprint density at radius 2 is 2.14 bits per heavy atom. The molecule has 0 amide bonds. The first-order valence-corrected chi connectivity index (χ1v) is 9.94. The number of hydrogen-bond donors (Lipinski definition) is 2. The topological polar surface area (TPSA) is 72.2 Å². The molecule has 0 aromatic heterocycles. The molecule has 7 heteroatoms. The second-order valence-electron chi connectivity index (χ2n) is 5.35. The molecule has 0 bridgehead atoms. The summed E-state index contributed by atoms with van der Waals surface area (Å²) in [6, 6.07) is 3.04. The lowest BCUT2D eigenvalue weighted by atomic mass is 10.2. The summed E-state index contributed by atoms with van der Waals surface area (Å²) in [6.07, 6.45) is 2.84. The van der Waals surface area contributed by atoms with E-state index in [2.05, 4.69) is 11.6 Å². The predicted molar refractivity (Wildman–Crippen MR) is 90.5 cm³/mol. The molecule has 1 aromatic carbocycles. The fraction of sp³-hybridized carbons (Fsp3) is 0.571. The molecule has 2 rings (SSSR count). The first-order chi connectivity index (χ1) is 9.83. The summed E-state index contributed by atoms with van der Waals surface area (Å²) in [4.78, 5) is 0.219. The molecule has 2 atom stereocenters. The number of sulfonamides is 1. The predicted octanol–water partition coefficient (Wildman–Crippen LogP) is 3.18. The Morgan fingerprint density at radius 3 is 2.81 bits per heavy atom. The molecule has 1 aliphatic carbocycles. The van der Waals surface area contributed by atoms with Crippen LogP contribution < -0.4 is 10.5 Å². The van der Waals surface area contributed by atoms with Crippen LogP contribution in [-0.2, 0) is 10.0 Å². The summed E-state index contributed by atoms with van der Waals surface area (Å²) in [6.45, 7) is 3.85. The molecular weight excluding hydrogens is 328 g/mol. The van der Waals surface area contributed by atoms with Crippen molar-refractivity contribution in [3.8, 4) is 0 Å². The van der Waals surface area contributed by atoms with E-state index in [0.29, 0.717) is 15.8 Å². The maximum atomic E-state index is 12.5. The molecule has 1 aromatic rings. The minimum absolute atomic E-state index is 0.00959. The number of halogens is 1. The summed E-state index contributed by atoms with van der Waals surface area (Å²) in [5.74, 6) is 1.07. The van der Waals surface area contributed by atoms with Crippen molar-refractivity contribution < 1.29 is 8.42 Å². The van der Waals surface area contributed by atoms with Gasteiger partial charge in [-0.3, -0.25) is 0 Å². The Hall–Kier alpha value is -0.430. The maximum absolute atomic E-state index is 12.5. The second-order valence-corrected chi connectivity index (χ2v) is 9.01. The third-order valence-corrected chi connectivity index (χ3v) is 6.92. The summed E-state index contributed by atoms with van der Waals surface area (Å²) in [5, 5.41) is 0.936. The van der Waals surface area contributed by atoms with Gasteiger partial charge in [-0.1, -0.05) is 18.5 Å². The van der Waals surface area contributed by atoms with Crippen LogP contribution in [0.15, 0.2) is 17.0 Å². The van der Waals surface area contributed by atoms with E-state index in [9.17, 15) is 8.42 Å². The number of nitrogen functional groups attached to an aromatic ring is 1. The maximum Gasteiger partial charge on any atom is 0.241 e. The lowest BCUT2D eigenvalue weighted by molar-refractivity contribution is 0.552. The smallest absolute Gasteiger partial charge is 0.241 e. The van der Waals surface area contributed by atoms with Crippen molar-refractivity contribution in [3.05, 3.63) is 22.7 Å². The molecule has 0 heterocycles.